The molecule has 22 heavy (non-hydrogen) atoms. The standard InChI is InChI=1S/C15H16N4O3/c20-14(19-12-4-2-6-17-10-12)7-13(15(21)22)18-9-11-3-1-5-16-8-11/h1-6,8,10,13,18H,7,9H2,(H,19,20)(H,21,22)/t13-/m0/s1. The van der Waals surface area contributed by atoms with Crippen molar-refractivity contribution in [2.45, 2.75) is 19.0 Å². The number of hydrogen-bond acceptors (Lipinski definition) is 5. The smallest absolute Gasteiger partial charge is 0.230 e. The number of carbonyl (C=O) groups is 2. The molecule has 0 fully saturated rings. The molecular formula is C15H16N4O3. The third kappa shape index (κ3) is 4.95. The topological polar surface area (TPSA) is 112 Å². The maximum atomic E-state index is 11.9. The lowest BCUT2D eigenvalue weighted by molar-refractivity contribution is -0.697. The number of aromatic nitrogens is 2. The van der Waals surface area contributed by atoms with Crippen LogP contribution in [0.4, 0.5) is 5.69 Å². The first-order chi connectivity index (χ1) is 10.6. The SMILES string of the molecule is O=C(C[C@H]([NH2+]Cc1cccnc1)C(=O)[O-])Nc1cccnc1. The summed E-state index contributed by atoms with van der Waals surface area (Å²) in [5.74, 6) is -1.67. The molecule has 0 saturated heterocycles. The summed E-state index contributed by atoms with van der Waals surface area (Å²) in [4.78, 5) is 30.9. The number of pyridine rings is 2. The fourth-order valence-electron chi connectivity index (χ4n) is 1.91. The Morgan fingerprint density at radius 1 is 1.18 bits per heavy atom. The number of carboxylic acid groups (broad SMARTS) is 1. The van der Waals surface area contributed by atoms with E-state index in [1.54, 1.807) is 42.1 Å². The van der Waals surface area contributed by atoms with Crippen LogP contribution in [0.2, 0.25) is 0 Å². The van der Waals surface area contributed by atoms with Crippen LogP contribution in [-0.4, -0.2) is 27.9 Å². The number of carboxylic acids is 1. The summed E-state index contributed by atoms with van der Waals surface area (Å²) in [5, 5.41) is 15.3. The molecule has 0 aromatic carbocycles. The van der Waals surface area contributed by atoms with Crippen molar-refractivity contribution < 1.29 is 20.0 Å². The van der Waals surface area contributed by atoms with Crippen molar-refractivity contribution in [2.75, 3.05) is 5.32 Å². The minimum Gasteiger partial charge on any atom is -0.544 e. The molecule has 1 atom stereocenters. The number of nitrogens with one attached hydrogen (secondary N) is 1. The number of rotatable bonds is 7. The van der Waals surface area contributed by atoms with Crippen molar-refractivity contribution >= 4 is 17.6 Å². The van der Waals surface area contributed by atoms with Crippen LogP contribution >= 0.6 is 0 Å². The summed E-state index contributed by atoms with van der Waals surface area (Å²) in [5.41, 5.74) is 1.40. The molecule has 0 radical (unpaired) electrons. The van der Waals surface area contributed by atoms with Gasteiger partial charge >= 0.3 is 0 Å². The summed E-state index contributed by atoms with van der Waals surface area (Å²) in [7, 11) is 0. The maximum absolute atomic E-state index is 11.9. The molecular weight excluding hydrogens is 284 g/mol. The fraction of sp³-hybridized carbons (Fsp3) is 0.200. The van der Waals surface area contributed by atoms with Gasteiger partial charge in [-0.15, -0.1) is 0 Å². The van der Waals surface area contributed by atoms with Gasteiger partial charge in [0.15, 0.2) is 0 Å². The van der Waals surface area contributed by atoms with Gasteiger partial charge in [-0.05, 0) is 18.2 Å². The third-order valence-electron chi connectivity index (χ3n) is 3.01. The molecule has 2 rings (SSSR count). The van der Waals surface area contributed by atoms with E-state index in [4.69, 9.17) is 0 Å². The third-order valence-corrected chi connectivity index (χ3v) is 3.01. The summed E-state index contributed by atoms with van der Waals surface area (Å²) in [6.07, 6.45) is 6.18. The molecule has 0 aliphatic heterocycles. The van der Waals surface area contributed by atoms with Gasteiger partial charge in [-0.3, -0.25) is 14.8 Å². The molecule has 1 amide bonds. The van der Waals surface area contributed by atoms with E-state index >= 15 is 0 Å². The van der Waals surface area contributed by atoms with Crippen LogP contribution in [0.25, 0.3) is 0 Å². The molecule has 0 spiro atoms. The Morgan fingerprint density at radius 2 is 1.91 bits per heavy atom. The van der Waals surface area contributed by atoms with E-state index in [0.29, 0.717) is 12.2 Å². The van der Waals surface area contributed by atoms with Gasteiger partial charge in [0, 0.05) is 24.2 Å². The molecule has 114 valence electrons. The Morgan fingerprint density at radius 3 is 2.50 bits per heavy atom. The van der Waals surface area contributed by atoms with Gasteiger partial charge in [0.25, 0.3) is 0 Å². The number of nitrogens with two attached hydrogens (primary N) is 1. The molecule has 7 heteroatoms. The second kappa shape index (κ2) is 7.84. The van der Waals surface area contributed by atoms with Crippen LogP contribution in [0, 0.1) is 0 Å². The van der Waals surface area contributed by atoms with Crippen molar-refractivity contribution in [3.05, 3.63) is 54.6 Å². The molecule has 0 aliphatic rings. The average Bonchev–Trinajstić information content (AvgIpc) is 2.53. The van der Waals surface area contributed by atoms with Gasteiger partial charge in [0.2, 0.25) is 5.91 Å². The predicted octanol–water partition coefficient (Wildman–Crippen LogP) is -1.31. The largest absolute Gasteiger partial charge is 0.544 e. The summed E-state index contributed by atoms with van der Waals surface area (Å²) in [6, 6.07) is 6.01. The average molecular weight is 300 g/mol. The lowest BCUT2D eigenvalue weighted by atomic mass is 10.1. The van der Waals surface area contributed by atoms with E-state index in [0.717, 1.165) is 5.56 Å². The van der Waals surface area contributed by atoms with E-state index in [2.05, 4.69) is 15.3 Å². The highest BCUT2D eigenvalue weighted by atomic mass is 16.4. The molecule has 2 aromatic heterocycles. The number of aliphatic carboxylic acids is 1. The van der Waals surface area contributed by atoms with Crippen molar-refractivity contribution in [1.82, 2.24) is 9.97 Å². The molecule has 2 aromatic rings. The highest BCUT2D eigenvalue weighted by Crippen LogP contribution is 2.03. The van der Waals surface area contributed by atoms with Crippen molar-refractivity contribution in [1.29, 1.82) is 0 Å². The summed E-state index contributed by atoms with van der Waals surface area (Å²) >= 11 is 0. The minimum absolute atomic E-state index is 0.183. The summed E-state index contributed by atoms with van der Waals surface area (Å²) < 4.78 is 0. The van der Waals surface area contributed by atoms with Gasteiger partial charge in [0.05, 0.1) is 24.3 Å². The van der Waals surface area contributed by atoms with Crippen LogP contribution in [0.5, 0.6) is 0 Å². The Labute approximate surface area is 127 Å². The zero-order chi connectivity index (χ0) is 15.8. The second-order valence-electron chi connectivity index (χ2n) is 4.72. The van der Waals surface area contributed by atoms with E-state index in [-0.39, 0.29) is 6.42 Å². The van der Waals surface area contributed by atoms with Crippen LogP contribution in [0.1, 0.15) is 12.0 Å². The monoisotopic (exact) mass is 300 g/mol. The first-order valence-corrected chi connectivity index (χ1v) is 6.78. The number of anilines is 1. The van der Waals surface area contributed by atoms with Crippen LogP contribution < -0.4 is 15.7 Å². The Hall–Kier alpha value is -2.80. The highest BCUT2D eigenvalue weighted by Gasteiger charge is 2.18. The first kappa shape index (κ1) is 15.6. The Balaban J connectivity index is 1.88. The van der Waals surface area contributed by atoms with Gasteiger partial charge < -0.3 is 20.5 Å². The molecule has 3 N–H and O–H groups in total. The molecule has 0 bridgehead atoms. The second-order valence-corrected chi connectivity index (χ2v) is 4.72. The van der Waals surface area contributed by atoms with Gasteiger partial charge in [-0.1, -0.05) is 6.07 Å². The number of quaternary nitrogens is 1. The normalized spacial score (nSPS) is 11.6. The highest BCUT2D eigenvalue weighted by molar-refractivity contribution is 5.93. The number of nitrogens with zero attached hydrogens (tertiary/aromatic N) is 2. The number of amides is 1. The minimum atomic E-state index is -1.27. The molecule has 0 aliphatic carbocycles. The van der Waals surface area contributed by atoms with E-state index in [1.165, 1.54) is 6.20 Å². The van der Waals surface area contributed by atoms with E-state index in [9.17, 15) is 14.7 Å². The Bertz CT molecular complexity index is 619. The number of hydrogen-bond donors (Lipinski definition) is 2. The molecule has 2 heterocycles. The quantitative estimate of drug-likeness (QED) is 0.659. The van der Waals surface area contributed by atoms with Crippen molar-refractivity contribution in [2.24, 2.45) is 0 Å². The van der Waals surface area contributed by atoms with Crippen LogP contribution in [-0.2, 0) is 16.1 Å². The van der Waals surface area contributed by atoms with Crippen LogP contribution in [0.15, 0.2) is 49.1 Å². The Kier molecular flexibility index (Phi) is 5.56. The van der Waals surface area contributed by atoms with Gasteiger partial charge in [-0.25, -0.2) is 0 Å². The predicted molar refractivity (Wildman–Crippen MR) is 76.1 cm³/mol. The maximum Gasteiger partial charge on any atom is 0.230 e. The van der Waals surface area contributed by atoms with E-state index < -0.39 is 17.9 Å². The van der Waals surface area contributed by atoms with Crippen LogP contribution in [0.3, 0.4) is 0 Å². The lowest BCUT2D eigenvalue weighted by Crippen LogP contribution is -2.92. The lowest BCUT2D eigenvalue weighted by Gasteiger charge is -2.16. The first-order valence-electron chi connectivity index (χ1n) is 6.78. The van der Waals surface area contributed by atoms with Crippen molar-refractivity contribution in [3.63, 3.8) is 0 Å². The van der Waals surface area contributed by atoms with Gasteiger partial charge in [-0.2, -0.15) is 0 Å². The molecule has 0 unspecified atom stereocenters. The summed E-state index contributed by atoms with van der Waals surface area (Å²) in [6.45, 7) is 0.409. The molecule has 0 saturated carbocycles. The zero-order valence-electron chi connectivity index (χ0n) is 11.8. The fourth-order valence-corrected chi connectivity index (χ4v) is 1.91. The zero-order valence-corrected chi connectivity index (χ0v) is 11.8. The van der Waals surface area contributed by atoms with Gasteiger partial charge in [0.1, 0.15) is 12.6 Å². The molecule has 7 nitrogen and oxygen atoms in total. The van der Waals surface area contributed by atoms with Crippen molar-refractivity contribution in [3.8, 4) is 0 Å². The number of carbonyl (C=O) groups excluding carboxylic acids is 2. The van der Waals surface area contributed by atoms with E-state index in [1.807, 2.05) is 6.07 Å².